The molecule has 1 aromatic heterocycles. The van der Waals surface area contributed by atoms with Crippen LogP contribution in [0.5, 0.6) is 0 Å². The number of anilines is 3. The van der Waals surface area contributed by atoms with Gasteiger partial charge in [0.25, 0.3) is 0 Å². The van der Waals surface area contributed by atoms with E-state index < -0.39 is 0 Å². The van der Waals surface area contributed by atoms with Gasteiger partial charge in [0.1, 0.15) is 0 Å². The van der Waals surface area contributed by atoms with Crippen molar-refractivity contribution in [2.75, 3.05) is 4.90 Å². The minimum Gasteiger partial charge on any atom is -0.309 e. The lowest BCUT2D eigenvalue weighted by atomic mass is 9.82. The van der Waals surface area contributed by atoms with Crippen molar-refractivity contribution in [1.29, 1.82) is 0 Å². The summed E-state index contributed by atoms with van der Waals surface area (Å²) in [5, 5.41) is 4.92. The maximum Gasteiger partial charge on any atom is 0.0547 e. The van der Waals surface area contributed by atoms with Crippen LogP contribution in [-0.4, -0.2) is 4.57 Å². The van der Waals surface area contributed by atoms with Crippen molar-refractivity contribution in [2.45, 2.75) is 19.3 Å². The van der Waals surface area contributed by atoms with Crippen molar-refractivity contribution in [3.63, 3.8) is 0 Å². The molecule has 0 atom stereocenters. The summed E-state index contributed by atoms with van der Waals surface area (Å²) in [6.45, 7) is 4.72. The molecule has 2 nitrogen and oxygen atoms in total. The van der Waals surface area contributed by atoms with Crippen LogP contribution in [0.25, 0.3) is 71.6 Å². The summed E-state index contributed by atoms with van der Waals surface area (Å²) in [5.74, 6) is 0. The largest absolute Gasteiger partial charge is 0.309 e. The molecule has 0 spiro atoms. The highest BCUT2D eigenvalue weighted by Crippen LogP contribution is 2.54. The Morgan fingerprint density at radius 2 is 1.02 bits per heavy atom. The molecule has 10 aromatic rings. The van der Waals surface area contributed by atoms with Gasteiger partial charge in [-0.1, -0.05) is 172 Å². The molecule has 0 unspecified atom stereocenters. The molecule has 0 fully saturated rings. The van der Waals surface area contributed by atoms with Gasteiger partial charge < -0.3 is 9.47 Å². The molecule has 2 heteroatoms. The first-order valence-electron chi connectivity index (χ1n) is 19.9. The lowest BCUT2D eigenvalue weighted by Gasteiger charge is -2.30. The van der Waals surface area contributed by atoms with Crippen molar-refractivity contribution in [1.82, 2.24) is 4.57 Å². The summed E-state index contributed by atoms with van der Waals surface area (Å²) in [5.41, 5.74) is 17.1. The topological polar surface area (TPSA) is 8.17 Å². The minimum absolute atomic E-state index is 0.0921. The van der Waals surface area contributed by atoms with Crippen LogP contribution in [0.1, 0.15) is 25.0 Å². The Morgan fingerprint density at radius 1 is 0.421 bits per heavy atom. The molecule has 1 aliphatic rings. The fraction of sp³-hybridized carbons (Fsp3) is 0.0545. The summed E-state index contributed by atoms with van der Waals surface area (Å²) in [6, 6.07) is 75.6. The number of rotatable bonds is 6. The first-order chi connectivity index (χ1) is 28.1. The minimum atomic E-state index is -0.0921. The van der Waals surface area contributed by atoms with Gasteiger partial charge in [0.05, 0.1) is 22.4 Å². The predicted octanol–water partition coefficient (Wildman–Crippen LogP) is 15.0. The van der Waals surface area contributed by atoms with E-state index in [-0.39, 0.29) is 5.41 Å². The predicted molar refractivity (Wildman–Crippen MR) is 241 cm³/mol. The molecule has 9 aromatic carbocycles. The van der Waals surface area contributed by atoms with Crippen molar-refractivity contribution >= 4 is 49.6 Å². The van der Waals surface area contributed by atoms with E-state index in [9.17, 15) is 0 Å². The lowest BCUT2D eigenvalue weighted by Crippen LogP contribution is -2.15. The van der Waals surface area contributed by atoms with E-state index in [1.54, 1.807) is 0 Å². The fourth-order valence-electron chi connectivity index (χ4n) is 9.61. The Labute approximate surface area is 333 Å². The summed E-state index contributed by atoms with van der Waals surface area (Å²) < 4.78 is 2.40. The van der Waals surface area contributed by atoms with Gasteiger partial charge in [0.15, 0.2) is 0 Å². The molecule has 0 radical (unpaired) electrons. The standard InChI is InChI=1S/C55H40N2/c1-55(2)47-30-11-8-26-45(47)53-44(29-16-31-48(53)55)43-25-9-12-32-50(43)57(49-34-15-19-37-18-6-7-24-41(37)49)40-23-14-20-38(36-40)42-28-17-35-52-54(42)46-27-10-13-33-51(46)56(52)39-21-4-3-5-22-39/h3-36H,1-2H3. The van der Waals surface area contributed by atoms with E-state index in [0.717, 1.165) is 22.7 Å². The van der Waals surface area contributed by atoms with Crippen LogP contribution in [0.15, 0.2) is 206 Å². The molecule has 270 valence electrons. The zero-order valence-electron chi connectivity index (χ0n) is 32.0. The third-order valence-electron chi connectivity index (χ3n) is 12.2. The normalized spacial score (nSPS) is 12.9. The van der Waals surface area contributed by atoms with Crippen LogP contribution >= 0.6 is 0 Å². The molecule has 0 aliphatic heterocycles. The molecule has 1 aliphatic carbocycles. The smallest absolute Gasteiger partial charge is 0.0547 e. The second-order valence-corrected chi connectivity index (χ2v) is 15.7. The molecule has 0 N–H and O–H groups in total. The number of hydrogen-bond acceptors (Lipinski definition) is 1. The van der Waals surface area contributed by atoms with Crippen molar-refractivity contribution < 1.29 is 0 Å². The number of nitrogens with zero attached hydrogens (tertiary/aromatic N) is 2. The van der Waals surface area contributed by atoms with Gasteiger partial charge in [-0.05, 0) is 92.9 Å². The Bertz CT molecular complexity index is 3160. The second kappa shape index (κ2) is 13.0. The monoisotopic (exact) mass is 728 g/mol. The van der Waals surface area contributed by atoms with Crippen LogP contribution in [-0.2, 0) is 5.41 Å². The number of aromatic nitrogens is 1. The number of benzene rings is 9. The molecule has 1 heterocycles. The fourth-order valence-corrected chi connectivity index (χ4v) is 9.61. The van der Waals surface area contributed by atoms with Gasteiger partial charge in [-0.15, -0.1) is 0 Å². The van der Waals surface area contributed by atoms with Crippen LogP contribution < -0.4 is 4.90 Å². The molecular weight excluding hydrogens is 689 g/mol. The van der Waals surface area contributed by atoms with Gasteiger partial charge in [0, 0.05) is 38.5 Å². The Morgan fingerprint density at radius 3 is 1.91 bits per heavy atom. The Hall–Kier alpha value is -7.16. The van der Waals surface area contributed by atoms with E-state index in [1.165, 1.54) is 77.1 Å². The third kappa shape index (κ3) is 5.11. The van der Waals surface area contributed by atoms with E-state index in [0.29, 0.717) is 0 Å². The van der Waals surface area contributed by atoms with Crippen LogP contribution in [0.4, 0.5) is 17.1 Å². The Balaban J connectivity index is 1.16. The van der Waals surface area contributed by atoms with Gasteiger partial charge in [-0.25, -0.2) is 0 Å². The number of fused-ring (bicyclic) bond motifs is 7. The zero-order chi connectivity index (χ0) is 38.1. The number of hydrogen-bond donors (Lipinski definition) is 0. The summed E-state index contributed by atoms with van der Waals surface area (Å²) in [6.07, 6.45) is 0. The van der Waals surface area contributed by atoms with Gasteiger partial charge in [-0.3, -0.25) is 0 Å². The molecule has 11 rings (SSSR count). The third-order valence-corrected chi connectivity index (χ3v) is 12.2. The average Bonchev–Trinajstić information content (AvgIpc) is 3.73. The Kier molecular flexibility index (Phi) is 7.55. The van der Waals surface area contributed by atoms with Crippen molar-refractivity contribution in [2.24, 2.45) is 0 Å². The van der Waals surface area contributed by atoms with Gasteiger partial charge in [-0.2, -0.15) is 0 Å². The molecule has 0 bridgehead atoms. The molecule has 57 heavy (non-hydrogen) atoms. The maximum atomic E-state index is 2.49. The van der Waals surface area contributed by atoms with Crippen LogP contribution in [0.2, 0.25) is 0 Å². The SMILES string of the molecule is CC1(C)c2ccccc2-c2c(-c3ccccc3N(c3cccc(-c4cccc5c4c4ccccc4n5-c4ccccc4)c3)c3cccc4ccccc34)cccc21. The van der Waals surface area contributed by atoms with Crippen molar-refractivity contribution in [3.8, 4) is 39.1 Å². The molecule has 0 saturated heterocycles. The second-order valence-electron chi connectivity index (χ2n) is 15.7. The van der Waals surface area contributed by atoms with Crippen molar-refractivity contribution in [3.05, 3.63) is 217 Å². The van der Waals surface area contributed by atoms with Gasteiger partial charge >= 0.3 is 0 Å². The summed E-state index contributed by atoms with van der Waals surface area (Å²) in [4.78, 5) is 2.49. The number of para-hydroxylation sites is 3. The molecule has 0 saturated carbocycles. The first-order valence-corrected chi connectivity index (χ1v) is 19.9. The van der Waals surface area contributed by atoms with Crippen LogP contribution in [0, 0.1) is 0 Å². The summed E-state index contributed by atoms with van der Waals surface area (Å²) in [7, 11) is 0. The van der Waals surface area contributed by atoms with E-state index in [1.807, 2.05) is 0 Å². The quantitative estimate of drug-likeness (QED) is 0.165. The van der Waals surface area contributed by atoms with Gasteiger partial charge in [0.2, 0.25) is 0 Å². The highest BCUT2D eigenvalue weighted by Gasteiger charge is 2.37. The molecule has 0 amide bonds. The highest BCUT2D eigenvalue weighted by atomic mass is 15.1. The maximum absolute atomic E-state index is 2.49. The average molecular weight is 729 g/mol. The molecular formula is C55H40N2. The first kappa shape index (κ1) is 33.2. The van der Waals surface area contributed by atoms with Crippen LogP contribution in [0.3, 0.4) is 0 Å². The van der Waals surface area contributed by atoms with E-state index in [4.69, 9.17) is 0 Å². The highest BCUT2D eigenvalue weighted by molar-refractivity contribution is 6.16. The lowest BCUT2D eigenvalue weighted by molar-refractivity contribution is 0.660. The van der Waals surface area contributed by atoms with E-state index >= 15 is 0 Å². The summed E-state index contributed by atoms with van der Waals surface area (Å²) >= 11 is 0. The zero-order valence-corrected chi connectivity index (χ0v) is 32.0. The van der Waals surface area contributed by atoms with E-state index in [2.05, 4.69) is 230 Å².